The van der Waals surface area contributed by atoms with Gasteiger partial charge in [-0.25, -0.2) is 0 Å². The summed E-state index contributed by atoms with van der Waals surface area (Å²) >= 11 is 5.60. The average molecular weight is 157 g/mol. The molecule has 0 N–H and O–H groups in total. The van der Waals surface area contributed by atoms with Crippen LogP contribution in [0.5, 0.6) is 0 Å². The summed E-state index contributed by atoms with van der Waals surface area (Å²) in [6.07, 6.45) is 0.913. The highest BCUT2D eigenvalue weighted by molar-refractivity contribution is 6.29. The lowest BCUT2D eigenvalue weighted by Crippen LogP contribution is -1.94. The largest absolute Gasteiger partial charge is 0.154 e. The molecule has 1 aromatic rings. The second kappa shape index (κ2) is 2.97. The minimum atomic E-state index is 0.467. The number of aryl methyl sites for hydroxylation is 2. The Kier molecular flexibility index (Phi) is 2.22. The number of halogens is 1. The number of hydrogen-bond donors (Lipinski definition) is 0. The smallest absolute Gasteiger partial charge is 0.151 e. The molecule has 54 valence electrons. The number of rotatable bonds is 1. The molecule has 0 unspecified atom stereocenters. The van der Waals surface area contributed by atoms with Crippen LogP contribution in [-0.4, -0.2) is 10.2 Å². The topological polar surface area (TPSA) is 25.8 Å². The zero-order valence-electron chi connectivity index (χ0n) is 6.06. The zero-order valence-corrected chi connectivity index (χ0v) is 6.81. The van der Waals surface area contributed by atoms with Gasteiger partial charge in [-0.3, -0.25) is 0 Å². The van der Waals surface area contributed by atoms with Gasteiger partial charge in [0.15, 0.2) is 5.15 Å². The van der Waals surface area contributed by atoms with E-state index in [9.17, 15) is 0 Å². The second-order valence-corrected chi connectivity index (χ2v) is 2.54. The van der Waals surface area contributed by atoms with Gasteiger partial charge >= 0.3 is 0 Å². The highest BCUT2D eigenvalue weighted by Crippen LogP contribution is 2.08. The van der Waals surface area contributed by atoms with Crippen molar-refractivity contribution >= 4 is 11.6 Å². The lowest BCUT2D eigenvalue weighted by Gasteiger charge is -1.98. The Balaban J connectivity index is 3.07. The molecule has 3 heteroatoms. The Labute approximate surface area is 65.2 Å². The van der Waals surface area contributed by atoms with Crippen molar-refractivity contribution < 1.29 is 0 Å². The standard InChI is InChI=1S/C7H9ClN2/c1-3-6-5(2)4-7(8)10-9-6/h4H,3H2,1-2H3. The summed E-state index contributed by atoms with van der Waals surface area (Å²) in [5, 5.41) is 8.11. The van der Waals surface area contributed by atoms with Crippen LogP contribution in [0.25, 0.3) is 0 Å². The van der Waals surface area contributed by atoms with E-state index in [0.29, 0.717) is 5.15 Å². The number of aromatic nitrogens is 2. The van der Waals surface area contributed by atoms with Crippen LogP contribution in [0, 0.1) is 6.92 Å². The molecule has 2 nitrogen and oxygen atoms in total. The maximum Gasteiger partial charge on any atom is 0.151 e. The van der Waals surface area contributed by atoms with Crippen molar-refractivity contribution in [2.75, 3.05) is 0 Å². The van der Waals surface area contributed by atoms with Crippen LogP contribution in [0.4, 0.5) is 0 Å². The van der Waals surface area contributed by atoms with E-state index in [2.05, 4.69) is 10.2 Å². The Bertz CT molecular complexity index is 235. The predicted octanol–water partition coefficient (Wildman–Crippen LogP) is 2.00. The van der Waals surface area contributed by atoms with E-state index in [1.54, 1.807) is 0 Å². The van der Waals surface area contributed by atoms with Gasteiger partial charge in [0.1, 0.15) is 0 Å². The van der Waals surface area contributed by atoms with Gasteiger partial charge in [0.2, 0.25) is 0 Å². The normalized spacial score (nSPS) is 9.90. The number of hydrogen-bond acceptors (Lipinski definition) is 2. The zero-order chi connectivity index (χ0) is 7.56. The molecule has 0 aliphatic rings. The Morgan fingerprint density at radius 3 is 2.70 bits per heavy atom. The molecule has 0 aromatic carbocycles. The molecule has 1 heterocycles. The molecule has 1 rings (SSSR count). The van der Waals surface area contributed by atoms with Gasteiger partial charge in [-0.15, -0.1) is 5.10 Å². The van der Waals surface area contributed by atoms with Crippen LogP contribution in [0.1, 0.15) is 18.2 Å². The van der Waals surface area contributed by atoms with Crippen molar-refractivity contribution in [3.8, 4) is 0 Å². The van der Waals surface area contributed by atoms with Gasteiger partial charge < -0.3 is 0 Å². The molecule has 0 aliphatic carbocycles. The van der Waals surface area contributed by atoms with E-state index in [0.717, 1.165) is 17.7 Å². The molecule has 0 radical (unpaired) electrons. The van der Waals surface area contributed by atoms with Gasteiger partial charge in [-0.1, -0.05) is 18.5 Å². The molecule has 0 atom stereocenters. The number of nitrogens with zero attached hydrogens (tertiary/aromatic N) is 2. The molecule has 1 aromatic heterocycles. The molecule has 0 saturated heterocycles. The molecule has 0 spiro atoms. The third-order valence-corrected chi connectivity index (χ3v) is 1.58. The van der Waals surface area contributed by atoms with Crippen LogP contribution < -0.4 is 0 Å². The molecule has 0 fully saturated rings. The van der Waals surface area contributed by atoms with E-state index < -0.39 is 0 Å². The quantitative estimate of drug-likeness (QED) is 0.622. The first-order valence-electron chi connectivity index (χ1n) is 3.22. The molecular weight excluding hydrogens is 148 g/mol. The highest BCUT2D eigenvalue weighted by atomic mass is 35.5. The first-order chi connectivity index (χ1) is 4.74. The van der Waals surface area contributed by atoms with Crippen molar-refractivity contribution in [1.82, 2.24) is 10.2 Å². The monoisotopic (exact) mass is 156 g/mol. The minimum Gasteiger partial charge on any atom is -0.154 e. The lowest BCUT2D eigenvalue weighted by atomic mass is 10.2. The van der Waals surface area contributed by atoms with E-state index in [1.165, 1.54) is 0 Å². The van der Waals surface area contributed by atoms with Crippen LogP contribution in [0.15, 0.2) is 6.07 Å². The van der Waals surface area contributed by atoms with Gasteiger partial charge in [0.05, 0.1) is 5.69 Å². The molecular formula is C7H9ClN2. The van der Waals surface area contributed by atoms with Crippen molar-refractivity contribution in [1.29, 1.82) is 0 Å². The molecule has 0 bridgehead atoms. The fourth-order valence-corrected chi connectivity index (χ4v) is 1.03. The van der Waals surface area contributed by atoms with Gasteiger partial charge in [0.25, 0.3) is 0 Å². The summed E-state index contributed by atoms with van der Waals surface area (Å²) in [5.74, 6) is 0. The summed E-state index contributed by atoms with van der Waals surface area (Å²) in [7, 11) is 0. The maximum atomic E-state index is 5.60. The van der Waals surface area contributed by atoms with Crippen molar-refractivity contribution in [2.45, 2.75) is 20.3 Å². The van der Waals surface area contributed by atoms with Gasteiger partial charge in [-0.2, -0.15) is 5.10 Å². The average Bonchev–Trinajstić information content (AvgIpc) is 1.88. The van der Waals surface area contributed by atoms with E-state index >= 15 is 0 Å². The summed E-state index contributed by atoms with van der Waals surface area (Å²) < 4.78 is 0. The van der Waals surface area contributed by atoms with Crippen LogP contribution >= 0.6 is 11.6 Å². The highest BCUT2D eigenvalue weighted by Gasteiger charge is 1.97. The lowest BCUT2D eigenvalue weighted by molar-refractivity contribution is 0.901. The van der Waals surface area contributed by atoms with E-state index in [4.69, 9.17) is 11.6 Å². The van der Waals surface area contributed by atoms with E-state index in [-0.39, 0.29) is 0 Å². The fourth-order valence-electron chi connectivity index (χ4n) is 0.827. The third kappa shape index (κ3) is 1.45. The SMILES string of the molecule is CCc1nnc(Cl)cc1C. The summed E-state index contributed by atoms with van der Waals surface area (Å²) in [4.78, 5) is 0. The fraction of sp³-hybridized carbons (Fsp3) is 0.429. The summed E-state index contributed by atoms with van der Waals surface area (Å²) in [5.41, 5.74) is 2.13. The Morgan fingerprint density at radius 2 is 2.20 bits per heavy atom. The minimum absolute atomic E-state index is 0.467. The first kappa shape index (κ1) is 7.48. The van der Waals surface area contributed by atoms with Crippen molar-refractivity contribution in [2.24, 2.45) is 0 Å². The Morgan fingerprint density at radius 1 is 1.50 bits per heavy atom. The van der Waals surface area contributed by atoms with Crippen molar-refractivity contribution in [3.63, 3.8) is 0 Å². The molecule has 0 amide bonds. The molecule has 0 aliphatic heterocycles. The molecule has 0 saturated carbocycles. The maximum absolute atomic E-state index is 5.60. The van der Waals surface area contributed by atoms with Crippen LogP contribution in [0.2, 0.25) is 5.15 Å². The predicted molar refractivity (Wildman–Crippen MR) is 41.2 cm³/mol. The summed E-state index contributed by atoms with van der Waals surface area (Å²) in [6, 6.07) is 1.83. The van der Waals surface area contributed by atoms with Gasteiger partial charge in [-0.05, 0) is 25.0 Å². The summed E-state index contributed by atoms with van der Waals surface area (Å²) in [6.45, 7) is 4.03. The first-order valence-corrected chi connectivity index (χ1v) is 3.60. The second-order valence-electron chi connectivity index (χ2n) is 2.15. The third-order valence-electron chi connectivity index (χ3n) is 1.39. The van der Waals surface area contributed by atoms with Gasteiger partial charge in [0, 0.05) is 0 Å². The Hall–Kier alpha value is -0.630. The van der Waals surface area contributed by atoms with E-state index in [1.807, 2.05) is 19.9 Å². The molecule has 10 heavy (non-hydrogen) atoms. The van der Waals surface area contributed by atoms with Crippen LogP contribution in [0.3, 0.4) is 0 Å². The van der Waals surface area contributed by atoms with Crippen LogP contribution in [-0.2, 0) is 6.42 Å². The van der Waals surface area contributed by atoms with Crippen molar-refractivity contribution in [3.05, 3.63) is 22.5 Å².